The Kier molecular flexibility index (Phi) is 5.76. The molecule has 5 N–H and O–H groups in total. The van der Waals surface area contributed by atoms with E-state index in [0.717, 1.165) is 5.56 Å². The molecule has 1 aromatic rings. The lowest BCUT2D eigenvalue weighted by atomic mass is 10.0. The average Bonchev–Trinajstić information content (AvgIpc) is 2.35. The zero-order valence-electron chi connectivity index (χ0n) is 11.0. The number of nitrogens with one attached hydrogen (secondary N) is 2. The van der Waals surface area contributed by atoms with Crippen molar-refractivity contribution in [3.05, 3.63) is 11.9 Å². The summed E-state index contributed by atoms with van der Waals surface area (Å²) in [6, 6.07) is 0. The quantitative estimate of drug-likeness (QED) is 0.410. The van der Waals surface area contributed by atoms with Gasteiger partial charge >= 0.3 is 0 Å². The van der Waals surface area contributed by atoms with E-state index < -0.39 is 6.10 Å². The van der Waals surface area contributed by atoms with Crippen molar-refractivity contribution in [1.82, 2.24) is 9.97 Å². The summed E-state index contributed by atoms with van der Waals surface area (Å²) in [5.74, 6) is 6.89. The first-order valence-electron chi connectivity index (χ1n) is 5.82. The SMILES string of the molecule is COCC(O)CNc1ncnc(NN)c1C(C)C. The van der Waals surface area contributed by atoms with Gasteiger partial charge in [-0.3, -0.25) is 0 Å². The number of nitrogens with zero attached hydrogens (tertiary/aromatic N) is 2. The van der Waals surface area contributed by atoms with E-state index in [4.69, 9.17) is 10.6 Å². The van der Waals surface area contributed by atoms with Crippen molar-refractivity contribution in [2.24, 2.45) is 5.84 Å². The summed E-state index contributed by atoms with van der Waals surface area (Å²) in [6.45, 7) is 4.68. The smallest absolute Gasteiger partial charge is 0.148 e. The van der Waals surface area contributed by atoms with Crippen molar-refractivity contribution in [2.45, 2.75) is 25.9 Å². The molecular formula is C11H21N5O2. The summed E-state index contributed by atoms with van der Waals surface area (Å²) < 4.78 is 4.86. The summed E-state index contributed by atoms with van der Waals surface area (Å²) >= 11 is 0. The monoisotopic (exact) mass is 255 g/mol. The number of hydrogen-bond donors (Lipinski definition) is 4. The fourth-order valence-corrected chi connectivity index (χ4v) is 1.66. The first-order chi connectivity index (χ1) is 8.60. The summed E-state index contributed by atoms with van der Waals surface area (Å²) in [5, 5.41) is 12.7. The van der Waals surface area contributed by atoms with Crippen molar-refractivity contribution >= 4 is 11.6 Å². The van der Waals surface area contributed by atoms with Crippen LogP contribution >= 0.6 is 0 Å². The van der Waals surface area contributed by atoms with Crippen LogP contribution in [0.5, 0.6) is 0 Å². The van der Waals surface area contributed by atoms with Gasteiger partial charge in [-0.05, 0) is 5.92 Å². The highest BCUT2D eigenvalue weighted by atomic mass is 16.5. The highest BCUT2D eigenvalue weighted by Crippen LogP contribution is 2.27. The van der Waals surface area contributed by atoms with E-state index >= 15 is 0 Å². The van der Waals surface area contributed by atoms with Gasteiger partial charge in [-0.1, -0.05) is 13.8 Å². The van der Waals surface area contributed by atoms with Crippen LogP contribution in [0.2, 0.25) is 0 Å². The third-order valence-corrected chi connectivity index (χ3v) is 2.46. The Labute approximate surface area is 107 Å². The number of anilines is 2. The number of methoxy groups -OCH3 is 1. The van der Waals surface area contributed by atoms with Crippen LogP contribution in [0.3, 0.4) is 0 Å². The van der Waals surface area contributed by atoms with Crippen molar-refractivity contribution in [2.75, 3.05) is 31.0 Å². The molecule has 0 aliphatic heterocycles. The van der Waals surface area contributed by atoms with Crippen LogP contribution in [0, 0.1) is 0 Å². The predicted octanol–water partition coefficient (Wildman–Crippen LogP) is 0.305. The van der Waals surface area contributed by atoms with Crippen molar-refractivity contribution in [3.63, 3.8) is 0 Å². The van der Waals surface area contributed by atoms with Gasteiger partial charge in [0.1, 0.15) is 18.0 Å². The molecular weight excluding hydrogens is 234 g/mol. The second kappa shape index (κ2) is 7.10. The van der Waals surface area contributed by atoms with Crippen LogP contribution in [0.15, 0.2) is 6.33 Å². The zero-order chi connectivity index (χ0) is 13.5. The third-order valence-electron chi connectivity index (χ3n) is 2.46. The predicted molar refractivity (Wildman–Crippen MR) is 70.3 cm³/mol. The van der Waals surface area contributed by atoms with Crippen LogP contribution in [0.1, 0.15) is 25.3 Å². The van der Waals surface area contributed by atoms with Crippen LogP contribution in [-0.2, 0) is 4.74 Å². The van der Waals surface area contributed by atoms with Gasteiger partial charge in [0.05, 0.1) is 12.7 Å². The Morgan fingerprint density at radius 2 is 2.06 bits per heavy atom. The molecule has 0 amide bonds. The molecule has 102 valence electrons. The summed E-state index contributed by atoms with van der Waals surface area (Å²) in [4.78, 5) is 8.24. The van der Waals surface area contributed by atoms with Gasteiger partial charge in [0.15, 0.2) is 0 Å². The molecule has 0 aromatic carbocycles. The van der Waals surface area contributed by atoms with Crippen LogP contribution in [-0.4, -0.2) is 41.4 Å². The summed E-state index contributed by atoms with van der Waals surface area (Å²) in [6.07, 6.45) is 0.839. The van der Waals surface area contributed by atoms with E-state index in [1.807, 2.05) is 13.8 Å². The molecule has 1 atom stereocenters. The Morgan fingerprint density at radius 1 is 1.39 bits per heavy atom. The van der Waals surface area contributed by atoms with E-state index in [9.17, 15) is 5.11 Å². The van der Waals surface area contributed by atoms with E-state index in [1.54, 1.807) is 7.11 Å². The number of rotatable bonds is 7. The Morgan fingerprint density at radius 3 is 2.61 bits per heavy atom. The van der Waals surface area contributed by atoms with Crippen LogP contribution in [0.25, 0.3) is 0 Å². The first kappa shape index (κ1) is 14.6. The number of nitrogens with two attached hydrogens (primary N) is 1. The molecule has 7 nitrogen and oxygen atoms in total. The largest absolute Gasteiger partial charge is 0.389 e. The van der Waals surface area contributed by atoms with Crippen molar-refractivity contribution in [1.29, 1.82) is 0 Å². The molecule has 18 heavy (non-hydrogen) atoms. The average molecular weight is 255 g/mol. The number of aromatic nitrogens is 2. The summed E-state index contributed by atoms with van der Waals surface area (Å²) in [7, 11) is 1.55. The van der Waals surface area contributed by atoms with E-state index in [2.05, 4.69) is 20.7 Å². The fraction of sp³-hybridized carbons (Fsp3) is 0.636. The molecule has 1 heterocycles. The minimum absolute atomic E-state index is 0.208. The second-order valence-electron chi connectivity index (χ2n) is 4.27. The number of hydrazine groups is 1. The lowest BCUT2D eigenvalue weighted by molar-refractivity contribution is 0.0727. The maximum Gasteiger partial charge on any atom is 0.148 e. The maximum atomic E-state index is 9.60. The van der Waals surface area contributed by atoms with Gasteiger partial charge in [0.25, 0.3) is 0 Å². The Bertz CT molecular complexity index is 372. The standard InChI is InChI=1S/C11H21N5O2/c1-7(2)9-10(13-4-8(17)5-18-3)14-6-15-11(9)16-12/h6-8,17H,4-5,12H2,1-3H3,(H2,13,14,15,16). The van der Waals surface area contributed by atoms with Gasteiger partial charge < -0.3 is 20.6 Å². The minimum atomic E-state index is -0.584. The molecule has 0 saturated heterocycles. The molecule has 0 aliphatic rings. The van der Waals surface area contributed by atoms with Gasteiger partial charge in [0, 0.05) is 19.2 Å². The fourth-order valence-electron chi connectivity index (χ4n) is 1.66. The number of hydrogen-bond acceptors (Lipinski definition) is 7. The molecule has 0 radical (unpaired) electrons. The highest BCUT2D eigenvalue weighted by Gasteiger charge is 2.15. The Balaban J connectivity index is 2.81. The van der Waals surface area contributed by atoms with Crippen molar-refractivity contribution < 1.29 is 9.84 Å². The van der Waals surface area contributed by atoms with E-state index in [1.165, 1.54) is 6.33 Å². The number of aliphatic hydroxyl groups is 1. The lowest BCUT2D eigenvalue weighted by Gasteiger charge is -2.17. The molecule has 0 aliphatic carbocycles. The summed E-state index contributed by atoms with van der Waals surface area (Å²) in [5.41, 5.74) is 3.44. The molecule has 0 bridgehead atoms. The topological polar surface area (TPSA) is 105 Å². The first-order valence-corrected chi connectivity index (χ1v) is 5.82. The van der Waals surface area contributed by atoms with Gasteiger partial charge in [-0.15, -0.1) is 0 Å². The van der Waals surface area contributed by atoms with Gasteiger partial charge in [-0.25, -0.2) is 15.8 Å². The molecule has 7 heteroatoms. The molecule has 1 rings (SSSR count). The van der Waals surface area contributed by atoms with Crippen molar-refractivity contribution in [3.8, 4) is 0 Å². The normalized spacial score (nSPS) is 12.6. The minimum Gasteiger partial charge on any atom is -0.389 e. The Hall–Kier alpha value is -1.44. The lowest BCUT2D eigenvalue weighted by Crippen LogP contribution is -2.25. The molecule has 0 spiro atoms. The maximum absolute atomic E-state index is 9.60. The molecule has 0 saturated carbocycles. The third kappa shape index (κ3) is 3.80. The molecule has 1 aromatic heterocycles. The van der Waals surface area contributed by atoms with Crippen LogP contribution < -0.4 is 16.6 Å². The molecule has 1 unspecified atom stereocenters. The second-order valence-corrected chi connectivity index (χ2v) is 4.27. The zero-order valence-corrected chi connectivity index (χ0v) is 11.0. The van der Waals surface area contributed by atoms with E-state index in [-0.39, 0.29) is 12.5 Å². The van der Waals surface area contributed by atoms with Gasteiger partial charge in [-0.2, -0.15) is 0 Å². The van der Waals surface area contributed by atoms with Crippen LogP contribution in [0.4, 0.5) is 11.6 Å². The number of nitrogen functional groups attached to an aromatic ring is 1. The highest BCUT2D eigenvalue weighted by molar-refractivity contribution is 5.58. The van der Waals surface area contributed by atoms with Gasteiger partial charge in [0.2, 0.25) is 0 Å². The number of ether oxygens (including phenoxy) is 1. The van der Waals surface area contributed by atoms with E-state index in [0.29, 0.717) is 18.2 Å². The number of aliphatic hydroxyl groups excluding tert-OH is 1. The molecule has 0 fully saturated rings.